The van der Waals surface area contributed by atoms with Gasteiger partial charge in [0.25, 0.3) is 0 Å². The first-order valence-corrected chi connectivity index (χ1v) is 5.90. The normalized spacial score (nSPS) is 10.3. The van der Waals surface area contributed by atoms with Crippen LogP contribution in [0.1, 0.15) is 12.2 Å². The van der Waals surface area contributed by atoms with Gasteiger partial charge in [0.2, 0.25) is 0 Å². The molecule has 0 atom stereocenters. The van der Waals surface area contributed by atoms with Crippen LogP contribution in [0.2, 0.25) is 0 Å². The first-order valence-electron chi connectivity index (χ1n) is 5.90. The second-order valence-corrected chi connectivity index (χ2v) is 3.92. The SMILES string of the molecule is COc1cccc(-c2ccnc(CCCO)n2)c1. The van der Waals surface area contributed by atoms with Crippen molar-refractivity contribution in [2.45, 2.75) is 12.8 Å². The van der Waals surface area contributed by atoms with Gasteiger partial charge >= 0.3 is 0 Å². The lowest BCUT2D eigenvalue weighted by Gasteiger charge is -2.05. The highest BCUT2D eigenvalue weighted by molar-refractivity contribution is 5.60. The van der Waals surface area contributed by atoms with Gasteiger partial charge in [-0.3, -0.25) is 0 Å². The van der Waals surface area contributed by atoms with Crippen molar-refractivity contribution < 1.29 is 9.84 Å². The first kappa shape index (κ1) is 12.5. The minimum atomic E-state index is 0.159. The largest absolute Gasteiger partial charge is 0.497 e. The van der Waals surface area contributed by atoms with Crippen LogP contribution in [-0.2, 0) is 6.42 Å². The average molecular weight is 244 g/mol. The lowest BCUT2D eigenvalue weighted by Crippen LogP contribution is -1.98. The maximum atomic E-state index is 8.81. The second-order valence-electron chi connectivity index (χ2n) is 3.92. The Labute approximate surface area is 106 Å². The van der Waals surface area contributed by atoms with Crippen LogP contribution in [0.3, 0.4) is 0 Å². The third-order valence-electron chi connectivity index (χ3n) is 2.63. The lowest BCUT2D eigenvalue weighted by molar-refractivity contribution is 0.287. The molecule has 1 aromatic heterocycles. The van der Waals surface area contributed by atoms with Crippen molar-refractivity contribution in [1.29, 1.82) is 0 Å². The molecule has 94 valence electrons. The zero-order chi connectivity index (χ0) is 12.8. The molecule has 1 N–H and O–H groups in total. The van der Waals surface area contributed by atoms with Gasteiger partial charge in [-0.2, -0.15) is 0 Å². The van der Waals surface area contributed by atoms with Gasteiger partial charge in [0, 0.05) is 24.8 Å². The summed E-state index contributed by atoms with van der Waals surface area (Å²) in [4.78, 5) is 8.67. The number of benzene rings is 1. The molecule has 0 fully saturated rings. The maximum Gasteiger partial charge on any atom is 0.129 e. The fourth-order valence-corrected chi connectivity index (χ4v) is 1.70. The summed E-state index contributed by atoms with van der Waals surface area (Å²) in [6.07, 6.45) is 3.12. The fourth-order valence-electron chi connectivity index (χ4n) is 1.70. The Kier molecular flexibility index (Phi) is 4.25. The Morgan fingerprint density at radius 1 is 1.28 bits per heavy atom. The Balaban J connectivity index is 2.26. The van der Waals surface area contributed by atoms with Gasteiger partial charge < -0.3 is 9.84 Å². The van der Waals surface area contributed by atoms with Gasteiger partial charge in [0.15, 0.2) is 0 Å². The third kappa shape index (κ3) is 3.05. The van der Waals surface area contributed by atoms with E-state index in [1.807, 2.05) is 30.3 Å². The summed E-state index contributed by atoms with van der Waals surface area (Å²) in [5, 5.41) is 8.81. The highest BCUT2D eigenvalue weighted by Crippen LogP contribution is 2.21. The molecule has 0 spiro atoms. The molecule has 0 bridgehead atoms. The van der Waals surface area contributed by atoms with Crippen molar-refractivity contribution in [2.24, 2.45) is 0 Å². The van der Waals surface area contributed by atoms with Crippen molar-refractivity contribution in [3.05, 3.63) is 42.4 Å². The van der Waals surface area contributed by atoms with Crippen molar-refractivity contribution in [2.75, 3.05) is 13.7 Å². The zero-order valence-corrected chi connectivity index (χ0v) is 10.3. The summed E-state index contributed by atoms with van der Waals surface area (Å²) in [7, 11) is 1.64. The molecule has 1 heterocycles. The predicted molar refractivity (Wildman–Crippen MR) is 69.4 cm³/mol. The van der Waals surface area contributed by atoms with E-state index in [1.165, 1.54) is 0 Å². The summed E-state index contributed by atoms with van der Waals surface area (Å²) < 4.78 is 5.20. The third-order valence-corrected chi connectivity index (χ3v) is 2.63. The van der Waals surface area contributed by atoms with E-state index >= 15 is 0 Å². The molecule has 2 aromatic rings. The molecule has 0 aliphatic carbocycles. The number of methoxy groups -OCH3 is 1. The first-order chi connectivity index (χ1) is 8.83. The zero-order valence-electron chi connectivity index (χ0n) is 10.3. The van der Waals surface area contributed by atoms with Gasteiger partial charge in [-0.1, -0.05) is 12.1 Å². The molecular weight excluding hydrogens is 228 g/mol. The number of aromatic nitrogens is 2. The topological polar surface area (TPSA) is 55.2 Å². The highest BCUT2D eigenvalue weighted by atomic mass is 16.5. The molecule has 4 nitrogen and oxygen atoms in total. The Morgan fingerprint density at radius 2 is 2.17 bits per heavy atom. The molecular formula is C14H16N2O2. The van der Waals surface area contributed by atoms with E-state index in [9.17, 15) is 0 Å². The van der Waals surface area contributed by atoms with Gasteiger partial charge in [-0.15, -0.1) is 0 Å². The molecule has 4 heteroatoms. The highest BCUT2D eigenvalue weighted by Gasteiger charge is 2.03. The molecule has 0 saturated heterocycles. The smallest absolute Gasteiger partial charge is 0.129 e. The van der Waals surface area contributed by atoms with Crippen molar-refractivity contribution in [3.8, 4) is 17.0 Å². The van der Waals surface area contributed by atoms with E-state index in [4.69, 9.17) is 9.84 Å². The van der Waals surface area contributed by atoms with Crippen LogP contribution in [0.4, 0.5) is 0 Å². The van der Waals surface area contributed by atoms with Crippen LogP contribution in [-0.4, -0.2) is 28.8 Å². The molecule has 0 aliphatic heterocycles. The maximum absolute atomic E-state index is 8.81. The van der Waals surface area contributed by atoms with E-state index in [-0.39, 0.29) is 6.61 Å². The number of aryl methyl sites for hydroxylation is 1. The van der Waals surface area contributed by atoms with E-state index in [0.717, 1.165) is 22.8 Å². The molecule has 0 amide bonds. The monoisotopic (exact) mass is 244 g/mol. The van der Waals surface area contributed by atoms with Crippen molar-refractivity contribution >= 4 is 0 Å². The molecule has 0 unspecified atom stereocenters. The van der Waals surface area contributed by atoms with Crippen LogP contribution in [0.25, 0.3) is 11.3 Å². The van der Waals surface area contributed by atoms with Gasteiger partial charge in [0.05, 0.1) is 12.8 Å². The lowest BCUT2D eigenvalue weighted by atomic mass is 10.1. The van der Waals surface area contributed by atoms with Crippen LogP contribution < -0.4 is 4.74 Å². The van der Waals surface area contributed by atoms with E-state index < -0.39 is 0 Å². The van der Waals surface area contributed by atoms with E-state index in [1.54, 1.807) is 13.3 Å². The molecule has 0 radical (unpaired) electrons. The number of aliphatic hydroxyl groups is 1. The molecule has 0 aliphatic rings. The summed E-state index contributed by atoms with van der Waals surface area (Å²) in [6, 6.07) is 9.64. The minimum absolute atomic E-state index is 0.159. The van der Waals surface area contributed by atoms with Crippen LogP contribution >= 0.6 is 0 Å². The second kappa shape index (κ2) is 6.12. The van der Waals surface area contributed by atoms with Crippen LogP contribution in [0, 0.1) is 0 Å². The number of aliphatic hydroxyl groups excluding tert-OH is 1. The standard InChI is InChI=1S/C14H16N2O2/c1-18-12-5-2-4-11(10-12)13-7-8-15-14(16-13)6-3-9-17/h2,4-5,7-8,10,17H,3,6,9H2,1H3. The summed E-state index contributed by atoms with van der Waals surface area (Å²) >= 11 is 0. The van der Waals surface area contributed by atoms with Gasteiger partial charge in [-0.05, 0) is 24.6 Å². The van der Waals surface area contributed by atoms with E-state index in [2.05, 4.69) is 9.97 Å². The van der Waals surface area contributed by atoms with Gasteiger partial charge in [0.1, 0.15) is 11.6 Å². The Bertz CT molecular complexity index is 515. The fraction of sp³-hybridized carbons (Fsp3) is 0.286. The van der Waals surface area contributed by atoms with Crippen LogP contribution in [0.15, 0.2) is 36.5 Å². The molecule has 1 aromatic carbocycles. The van der Waals surface area contributed by atoms with Crippen LogP contribution in [0.5, 0.6) is 5.75 Å². The Morgan fingerprint density at radius 3 is 2.94 bits per heavy atom. The average Bonchev–Trinajstić information content (AvgIpc) is 2.45. The summed E-state index contributed by atoms with van der Waals surface area (Å²) in [6.45, 7) is 0.159. The minimum Gasteiger partial charge on any atom is -0.497 e. The molecule has 0 saturated carbocycles. The number of nitrogens with zero attached hydrogens (tertiary/aromatic N) is 2. The number of rotatable bonds is 5. The number of ether oxygens (including phenoxy) is 1. The Hall–Kier alpha value is -1.94. The molecule has 18 heavy (non-hydrogen) atoms. The van der Waals surface area contributed by atoms with E-state index in [0.29, 0.717) is 12.8 Å². The summed E-state index contributed by atoms with van der Waals surface area (Å²) in [5.41, 5.74) is 1.87. The van der Waals surface area contributed by atoms with Crippen molar-refractivity contribution in [3.63, 3.8) is 0 Å². The predicted octanol–water partition coefficient (Wildman–Crippen LogP) is 2.08. The summed E-state index contributed by atoms with van der Waals surface area (Å²) in [5.74, 6) is 1.56. The van der Waals surface area contributed by atoms with Crippen molar-refractivity contribution in [1.82, 2.24) is 9.97 Å². The molecule has 2 rings (SSSR count). The quantitative estimate of drug-likeness (QED) is 0.874. The number of hydrogen-bond donors (Lipinski definition) is 1. The number of hydrogen-bond acceptors (Lipinski definition) is 4. The van der Waals surface area contributed by atoms with Gasteiger partial charge in [-0.25, -0.2) is 9.97 Å².